The molecule has 3 heteroatoms. The maximum absolute atomic E-state index is 11.4. The fourth-order valence-corrected chi connectivity index (χ4v) is 1.65. The molecule has 68 valence electrons. The van der Waals surface area contributed by atoms with Gasteiger partial charge in [-0.15, -0.1) is 11.6 Å². The SMILES string of the molecule is O=C(CCl)N(CC1CC1)C1CC1. The van der Waals surface area contributed by atoms with Gasteiger partial charge in [-0.05, 0) is 31.6 Å². The van der Waals surface area contributed by atoms with E-state index in [0.29, 0.717) is 6.04 Å². The molecule has 0 atom stereocenters. The lowest BCUT2D eigenvalue weighted by Crippen LogP contribution is -2.35. The van der Waals surface area contributed by atoms with Crippen molar-refractivity contribution in [3.8, 4) is 0 Å². The van der Waals surface area contributed by atoms with E-state index in [1.54, 1.807) is 0 Å². The summed E-state index contributed by atoms with van der Waals surface area (Å²) in [5, 5.41) is 0. The van der Waals surface area contributed by atoms with Crippen molar-refractivity contribution in [3.63, 3.8) is 0 Å². The number of alkyl halides is 1. The van der Waals surface area contributed by atoms with Crippen LogP contribution < -0.4 is 0 Å². The topological polar surface area (TPSA) is 20.3 Å². The van der Waals surface area contributed by atoms with Crippen LogP contribution in [-0.2, 0) is 4.79 Å². The Kier molecular flexibility index (Phi) is 2.26. The number of halogens is 1. The van der Waals surface area contributed by atoms with Crippen LogP contribution >= 0.6 is 11.6 Å². The van der Waals surface area contributed by atoms with Gasteiger partial charge < -0.3 is 4.90 Å². The van der Waals surface area contributed by atoms with Crippen LogP contribution in [0.5, 0.6) is 0 Å². The summed E-state index contributed by atoms with van der Waals surface area (Å²) < 4.78 is 0. The highest BCUT2D eigenvalue weighted by atomic mass is 35.5. The van der Waals surface area contributed by atoms with Gasteiger partial charge in [-0.2, -0.15) is 0 Å². The molecule has 0 spiro atoms. The van der Waals surface area contributed by atoms with Crippen LogP contribution in [-0.4, -0.2) is 29.3 Å². The molecule has 2 aliphatic rings. The zero-order chi connectivity index (χ0) is 8.55. The predicted octanol–water partition coefficient (Wildman–Crippen LogP) is 1.63. The van der Waals surface area contributed by atoms with Gasteiger partial charge >= 0.3 is 0 Å². The molecule has 2 rings (SSSR count). The lowest BCUT2D eigenvalue weighted by molar-refractivity contribution is -0.129. The molecule has 0 saturated heterocycles. The predicted molar refractivity (Wildman–Crippen MR) is 48.2 cm³/mol. The van der Waals surface area contributed by atoms with Crippen molar-refractivity contribution in [2.24, 2.45) is 5.92 Å². The number of amides is 1. The van der Waals surface area contributed by atoms with Gasteiger partial charge in [-0.1, -0.05) is 0 Å². The van der Waals surface area contributed by atoms with Gasteiger partial charge in [-0.3, -0.25) is 4.79 Å². The quantitative estimate of drug-likeness (QED) is 0.613. The average Bonchev–Trinajstić information content (AvgIpc) is 2.88. The molecule has 2 saturated carbocycles. The van der Waals surface area contributed by atoms with E-state index in [2.05, 4.69) is 0 Å². The number of rotatable bonds is 4. The maximum atomic E-state index is 11.4. The van der Waals surface area contributed by atoms with E-state index in [0.717, 1.165) is 12.5 Å². The zero-order valence-electron chi connectivity index (χ0n) is 7.13. The molecule has 1 amide bonds. The molecular formula is C9H14ClNO. The Morgan fingerprint density at radius 3 is 2.42 bits per heavy atom. The molecule has 0 aromatic heterocycles. The van der Waals surface area contributed by atoms with Gasteiger partial charge in [0.05, 0.1) is 0 Å². The summed E-state index contributed by atoms with van der Waals surface area (Å²) in [6.07, 6.45) is 4.99. The molecule has 0 heterocycles. The third-order valence-corrected chi connectivity index (χ3v) is 2.80. The summed E-state index contributed by atoms with van der Waals surface area (Å²) >= 11 is 5.53. The first-order valence-electron chi connectivity index (χ1n) is 4.66. The minimum atomic E-state index is 0.131. The number of hydrogen-bond acceptors (Lipinski definition) is 1. The molecule has 0 aromatic carbocycles. The molecule has 0 aromatic rings. The Hall–Kier alpha value is -0.240. The summed E-state index contributed by atoms with van der Waals surface area (Å²) in [6.45, 7) is 0.968. The highest BCUT2D eigenvalue weighted by Gasteiger charge is 2.35. The molecule has 0 unspecified atom stereocenters. The largest absolute Gasteiger partial charge is 0.338 e. The average molecular weight is 188 g/mol. The summed E-state index contributed by atoms with van der Waals surface area (Å²) in [4.78, 5) is 13.3. The summed E-state index contributed by atoms with van der Waals surface area (Å²) in [7, 11) is 0. The van der Waals surface area contributed by atoms with Crippen molar-refractivity contribution in [3.05, 3.63) is 0 Å². The van der Waals surface area contributed by atoms with Gasteiger partial charge in [0.1, 0.15) is 5.88 Å². The highest BCUT2D eigenvalue weighted by molar-refractivity contribution is 6.27. The van der Waals surface area contributed by atoms with E-state index < -0.39 is 0 Å². The zero-order valence-corrected chi connectivity index (χ0v) is 7.89. The van der Waals surface area contributed by atoms with E-state index >= 15 is 0 Å². The number of nitrogens with zero attached hydrogens (tertiary/aromatic N) is 1. The van der Waals surface area contributed by atoms with Crippen LogP contribution in [0, 0.1) is 5.92 Å². The Bertz CT molecular complexity index is 187. The fraction of sp³-hybridized carbons (Fsp3) is 0.889. The Labute approximate surface area is 77.9 Å². The monoisotopic (exact) mass is 187 g/mol. The van der Waals surface area contributed by atoms with Gasteiger partial charge in [0.2, 0.25) is 5.91 Å². The third-order valence-electron chi connectivity index (χ3n) is 2.57. The van der Waals surface area contributed by atoms with Gasteiger partial charge in [0, 0.05) is 12.6 Å². The molecule has 12 heavy (non-hydrogen) atoms. The second kappa shape index (κ2) is 3.25. The van der Waals surface area contributed by atoms with Crippen LogP contribution in [0.3, 0.4) is 0 Å². The van der Waals surface area contributed by atoms with Crippen molar-refractivity contribution in [1.29, 1.82) is 0 Å². The normalized spacial score (nSPS) is 22.4. The standard InChI is InChI=1S/C9H14ClNO/c10-5-9(12)11(8-3-4-8)6-7-1-2-7/h7-8H,1-6H2. The van der Waals surface area contributed by atoms with E-state index in [1.165, 1.54) is 25.7 Å². The van der Waals surface area contributed by atoms with Crippen LogP contribution in [0.1, 0.15) is 25.7 Å². The molecular weight excluding hydrogens is 174 g/mol. The van der Waals surface area contributed by atoms with Crippen LogP contribution in [0.4, 0.5) is 0 Å². The van der Waals surface area contributed by atoms with E-state index in [1.807, 2.05) is 4.90 Å². The first-order chi connectivity index (χ1) is 5.81. The molecule has 2 nitrogen and oxygen atoms in total. The van der Waals surface area contributed by atoms with Crippen molar-refractivity contribution >= 4 is 17.5 Å². The Balaban J connectivity index is 1.86. The molecule has 0 radical (unpaired) electrons. The molecule has 0 aliphatic heterocycles. The number of carbonyl (C=O) groups excluding carboxylic acids is 1. The van der Waals surface area contributed by atoms with Gasteiger partial charge in [0.25, 0.3) is 0 Å². The fourth-order valence-electron chi connectivity index (χ4n) is 1.50. The van der Waals surface area contributed by atoms with Crippen molar-refractivity contribution in [1.82, 2.24) is 4.90 Å². The van der Waals surface area contributed by atoms with E-state index in [4.69, 9.17) is 11.6 Å². The first-order valence-corrected chi connectivity index (χ1v) is 5.20. The Morgan fingerprint density at radius 2 is 2.00 bits per heavy atom. The van der Waals surface area contributed by atoms with Crippen molar-refractivity contribution in [2.75, 3.05) is 12.4 Å². The molecule has 2 fully saturated rings. The van der Waals surface area contributed by atoms with Gasteiger partial charge in [0.15, 0.2) is 0 Å². The second-order valence-corrected chi connectivity index (χ2v) is 4.12. The number of hydrogen-bond donors (Lipinski definition) is 0. The van der Waals surface area contributed by atoms with E-state index in [9.17, 15) is 4.79 Å². The first kappa shape index (κ1) is 8.36. The summed E-state index contributed by atoms with van der Waals surface area (Å²) in [5.74, 6) is 1.08. The number of carbonyl (C=O) groups is 1. The van der Waals surface area contributed by atoms with Crippen LogP contribution in [0.25, 0.3) is 0 Å². The van der Waals surface area contributed by atoms with Gasteiger partial charge in [-0.25, -0.2) is 0 Å². The Morgan fingerprint density at radius 1 is 1.33 bits per heavy atom. The maximum Gasteiger partial charge on any atom is 0.237 e. The van der Waals surface area contributed by atoms with E-state index in [-0.39, 0.29) is 11.8 Å². The smallest absolute Gasteiger partial charge is 0.237 e. The van der Waals surface area contributed by atoms with Crippen molar-refractivity contribution in [2.45, 2.75) is 31.7 Å². The second-order valence-electron chi connectivity index (χ2n) is 3.85. The van der Waals surface area contributed by atoms with Crippen molar-refractivity contribution < 1.29 is 4.79 Å². The minimum absolute atomic E-state index is 0.131. The lowest BCUT2D eigenvalue weighted by atomic mass is 10.3. The highest BCUT2D eigenvalue weighted by Crippen LogP contribution is 2.34. The van der Waals surface area contributed by atoms with Crippen LogP contribution in [0.15, 0.2) is 0 Å². The summed E-state index contributed by atoms with van der Waals surface area (Å²) in [5.41, 5.74) is 0. The molecule has 0 bridgehead atoms. The molecule has 2 aliphatic carbocycles. The lowest BCUT2D eigenvalue weighted by Gasteiger charge is -2.20. The summed E-state index contributed by atoms with van der Waals surface area (Å²) in [6, 6.07) is 0.539. The van der Waals surface area contributed by atoms with Crippen LogP contribution in [0.2, 0.25) is 0 Å². The third kappa shape index (κ3) is 1.92. The minimum Gasteiger partial charge on any atom is -0.338 e. The molecule has 0 N–H and O–H groups in total.